The number of phenolic OH excluding ortho intramolecular Hbond substituents is 1. The van der Waals surface area contributed by atoms with E-state index in [9.17, 15) is 30.0 Å². The number of hydrogen-bond donors (Lipinski definition) is 4. The third-order valence-corrected chi connectivity index (χ3v) is 7.70. The highest BCUT2D eigenvalue weighted by Crippen LogP contribution is 2.30. The van der Waals surface area contributed by atoms with Crippen molar-refractivity contribution < 1.29 is 48.6 Å². The van der Waals surface area contributed by atoms with Gasteiger partial charge < -0.3 is 43.8 Å². The topological polar surface area (TPSA) is 165 Å². The van der Waals surface area contributed by atoms with E-state index in [0.717, 1.165) is 17.2 Å². The predicted molar refractivity (Wildman–Crippen MR) is 173 cm³/mol. The van der Waals surface area contributed by atoms with Gasteiger partial charge in [0.2, 0.25) is 6.29 Å². The first kappa shape index (κ1) is 33.4. The van der Waals surface area contributed by atoms with E-state index in [-0.39, 0.29) is 27.9 Å². The van der Waals surface area contributed by atoms with Gasteiger partial charge in [-0.1, -0.05) is 29.8 Å². The van der Waals surface area contributed by atoms with Crippen molar-refractivity contribution in [1.29, 1.82) is 0 Å². The van der Waals surface area contributed by atoms with Crippen molar-refractivity contribution in [1.82, 2.24) is 0 Å². The zero-order valence-electron chi connectivity index (χ0n) is 26.0. The standard InChI is InChI=1S/C36H36O11/c1-20(2)4-8-23-16-22(9-14-28(23)43-3)27-19-44-29-17-25(12-13-26(29)32(27)40)45-36-35(34(42)33(41)30(18-37)46-36)47-31(39)15-7-21-5-10-24(38)11-6-21/h4-7,9-17,19,30,33-38,41-42H,8,18H2,1-3H3/b15-7+/t30-,33-,34+,35-,36-/m1/s1. The fraction of sp³-hybridized carbons (Fsp3) is 0.278. The summed E-state index contributed by atoms with van der Waals surface area (Å²) >= 11 is 0. The zero-order chi connectivity index (χ0) is 33.7. The van der Waals surface area contributed by atoms with Gasteiger partial charge in [0.1, 0.15) is 47.4 Å². The Labute approximate surface area is 270 Å². The number of benzene rings is 3. The van der Waals surface area contributed by atoms with Crippen molar-refractivity contribution in [3.63, 3.8) is 0 Å². The first-order valence-electron chi connectivity index (χ1n) is 14.9. The van der Waals surface area contributed by atoms with E-state index >= 15 is 0 Å². The lowest BCUT2D eigenvalue weighted by Gasteiger charge is -2.41. The summed E-state index contributed by atoms with van der Waals surface area (Å²) in [5.74, 6) is 0.0533. The molecule has 1 saturated heterocycles. The first-order chi connectivity index (χ1) is 22.6. The number of rotatable bonds is 10. The summed E-state index contributed by atoms with van der Waals surface area (Å²) in [7, 11) is 1.60. The minimum atomic E-state index is -1.66. The smallest absolute Gasteiger partial charge is 0.331 e. The molecule has 0 unspecified atom stereocenters. The SMILES string of the molecule is COc1ccc(-c2coc3cc(O[C@@H]4O[C@H](CO)[C@@H](O)[C@H](O)[C@H]4OC(=O)/C=C/c4ccc(O)cc4)ccc3c2=O)cc1CC=C(C)C. The van der Waals surface area contributed by atoms with Crippen LogP contribution in [0.15, 0.2) is 93.9 Å². The van der Waals surface area contributed by atoms with E-state index in [1.807, 2.05) is 26.0 Å². The summed E-state index contributed by atoms with van der Waals surface area (Å²) < 4.78 is 28.4. The summed E-state index contributed by atoms with van der Waals surface area (Å²) in [6.45, 7) is 3.37. The Bertz CT molecular complexity index is 1840. The van der Waals surface area contributed by atoms with Crippen LogP contribution in [0.2, 0.25) is 0 Å². The maximum atomic E-state index is 13.5. The number of carbonyl (C=O) groups excluding carboxylic acids is 1. The van der Waals surface area contributed by atoms with E-state index in [1.165, 1.54) is 42.7 Å². The minimum Gasteiger partial charge on any atom is -0.508 e. The molecule has 1 fully saturated rings. The van der Waals surface area contributed by atoms with E-state index in [0.29, 0.717) is 28.9 Å². The number of allylic oxidation sites excluding steroid dienone is 2. The van der Waals surface area contributed by atoms with Crippen molar-refractivity contribution in [2.24, 2.45) is 0 Å². The molecule has 0 spiro atoms. The lowest BCUT2D eigenvalue weighted by molar-refractivity contribution is -0.281. The molecule has 4 N–H and O–H groups in total. The summed E-state index contributed by atoms with van der Waals surface area (Å²) in [5, 5.41) is 40.7. The van der Waals surface area contributed by atoms with Gasteiger partial charge in [0, 0.05) is 12.1 Å². The summed E-state index contributed by atoms with van der Waals surface area (Å²) in [5.41, 5.74) is 3.64. The van der Waals surface area contributed by atoms with Crippen LogP contribution in [0.3, 0.4) is 0 Å². The maximum Gasteiger partial charge on any atom is 0.331 e. The van der Waals surface area contributed by atoms with E-state index in [2.05, 4.69) is 6.08 Å². The molecule has 0 saturated carbocycles. The molecule has 1 aromatic heterocycles. The highest BCUT2D eigenvalue weighted by atomic mass is 16.7. The second-order valence-corrected chi connectivity index (χ2v) is 11.3. The van der Waals surface area contributed by atoms with Crippen LogP contribution < -0.4 is 14.9 Å². The predicted octanol–water partition coefficient (Wildman–Crippen LogP) is 4.13. The van der Waals surface area contributed by atoms with Crippen LogP contribution in [0, 0.1) is 0 Å². The van der Waals surface area contributed by atoms with Gasteiger partial charge in [-0.15, -0.1) is 0 Å². The normalized spacial score (nSPS) is 21.0. The van der Waals surface area contributed by atoms with Gasteiger partial charge in [-0.05, 0) is 79.4 Å². The van der Waals surface area contributed by atoms with Gasteiger partial charge in [0.25, 0.3) is 0 Å². The van der Waals surface area contributed by atoms with Crippen LogP contribution in [-0.2, 0) is 20.7 Å². The molecule has 0 radical (unpaired) electrons. The molecule has 3 aromatic carbocycles. The van der Waals surface area contributed by atoms with E-state index in [4.69, 9.17) is 23.4 Å². The number of aliphatic hydroxyl groups is 3. The number of aromatic hydroxyl groups is 1. The molecule has 1 aliphatic heterocycles. The Hall–Kier alpha value is -4.94. The van der Waals surface area contributed by atoms with Crippen molar-refractivity contribution in [2.45, 2.75) is 51.0 Å². The third kappa shape index (κ3) is 7.72. The van der Waals surface area contributed by atoms with Crippen LogP contribution >= 0.6 is 0 Å². The molecule has 4 aromatic rings. The van der Waals surface area contributed by atoms with Crippen LogP contribution in [0.5, 0.6) is 17.2 Å². The summed E-state index contributed by atoms with van der Waals surface area (Å²) in [6, 6.07) is 16.0. The quantitative estimate of drug-likeness (QED) is 0.111. The Morgan fingerprint density at radius 3 is 2.47 bits per heavy atom. The third-order valence-electron chi connectivity index (χ3n) is 7.70. The second kappa shape index (κ2) is 14.7. The number of fused-ring (bicyclic) bond motifs is 1. The molecule has 1 aliphatic rings. The number of aliphatic hydroxyl groups excluding tert-OH is 3. The highest BCUT2D eigenvalue weighted by Gasteiger charge is 2.47. The molecule has 2 heterocycles. The number of carbonyl (C=O) groups is 1. The molecule has 0 aliphatic carbocycles. The van der Waals surface area contributed by atoms with Crippen molar-refractivity contribution in [2.75, 3.05) is 13.7 Å². The van der Waals surface area contributed by atoms with Gasteiger partial charge >= 0.3 is 5.97 Å². The number of esters is 1. The lowest BCUT2D eigenvalue weighted by atomic mass is 9.99. The van der Waals surface area contributed by atoms with Crippen LogP contribution in [0.1, 0.15) is 25.0 Å². The average Bonchev–Trinajstić information content (AvgIpc) is 3.06. The molecular formula is C36H36O11. The first-order valence-corrected chi connectivity index (χ1v) is 14.9. The van der Waals surface area contributed by atoms with Crippen molar-refractivity contribution >= 4 is 23.0 Å². The van der Waals surface area contributed by atoms with Gasteiger partial charge in [0.05, 0.1) is 24.7 Å². The molecule has 0 amide bonds. The number of phenols is 1. The van der Waals surface area contributed by atoms with Crippen LogP contribution in [0.4, 0.5) is 0 Å². The van der Waals surface area contributed by atoms with Crippen LogP contribution in [-0.4, -0.2) is 70.8 Å². The van der Waals surface area contributed by atoms with Gasteiger partial charge in [-0.2, -0.15) is 0 Å². The van der Waals surface area contributed by atoms with Crippen molar-refractivity contribution in [3.8, 4) is 28.4 Å². The average molecular weight is 645 g/mol. The molecule has 47 heavy (non-hydrogen) atoms. The Kier molecular flexibility index (Phi) is 10.4. The fourth-order valence-electron chi connectivity index (χ4n) is 5.13. The molecule has 5 rings (SSSR count). The largest absolute Gasteiger partial charge is 0.508 e. The number of hydrogen-bond acceptors (Lipinski definition) is 11. The van der Waals surface area contributed by atoms with E-state index in [1.54, 1.807) is 25.3 Å². The molecule has 5 atom stereocenters. The van der Waals surface area contributed by atoms with Crippen LogP contribution in [0.25, 0.3) is 28.2 Å². The monoisotopic (exact) mass is 644 g/mol. The number of methoxy groups -OCH3 is 1. The lowest BCUT2D eigenvalue weighted by Crippen LogP contribution is -2.61. The molecule has 11 nitrogen and oxygen atoms in total. The molecule has 0 bridgehead atoms. The maximum absolute atomic E-state index is 13.5. The molecule has 246 valence electrons. The van der Waals surface area contributed by atoms with Gasteiger partial charge in [0.15, 0.2) is 11.5 Å². The second-order valence-electron chi connectivity index (χ2n) is 11.3. The zero-order valence-corrected chi connectivity index (χ0v) is 26.0. The van der Waals surface area contributed by atoms with E-state index < -0.39 is 43.3 Å². The highest BCUT2D eigenvalue weighted by molar-refractivity contribution is 5.87. The molecular weight excluding hydrogens is 608 g/mol. The minimum absolute atomic E-state index is 0.0644. The Morgan fingerprint density at radius 2 is 1.77 bits per heavy atom. The summed E-state index contributed by atoms with van der Waals surface area (Å²) in [4.78, 5) is 26.2. The van der Waals surface area contributed by atoms with Crippen molar-refractivity contribution in [3.05, 3.63) is 106 Å². The Morgan fingerprint density at radius 1 is 1.00 bits per heavy atom. The summed E-state index contributed by atoms with van der Waals surface area (Å²) in [6.07, 6.45) is -0.789. The van der Waals surface area contributed by atoms with Gasteiger partial charge in [-0.3, -0.25) is 4.79 Å². The van der Waals surface area contributed by atoms with Gasteiger partial charge in [-0.25, -0.2) is 4.79 Å². The number of ether oxygens (including phenoxy) is 4. The molecule has 11 heteroatoms. The Balaban J connectivity index is 1.39. The fourth-order valence-corrected chi connectivity index (χ4v) is 5.13.